The van der Waals surface area contributed by atoms with E-state index >= 15 is 0 Å². The van der Waals surface area contributed by atoms with Crippen molar-refractivity contribution in [3.63, 3.8) is 0 Å². The van der Waals surface area contributed by atoms with Gasteiger partial charge in [-0.25, -0.2) is 0 Å². The molecule has 0 radical (unpaired) electrons. The molecule has 2 aromatic rings. The lowest BCUT2D eigenvalue weighted by atomic mass is 10.1. The number of nitrogens with zero attached hydrogens (tertiary/aromatic N) is 1. The second kappa shape index (κ2) is 3.68. The summed E-state index contributed by atoms with van der Waals surface area (Å²) in [7, 11) is 0. The smallest absolute Gasteiger partial charge is 0.0681 e. The van der Waals surface area contributed by atoms with Crippen molar-refractivity contribution in [2.75, 3.05) is 0 Å². The fourth-order valence-electron chi connectivity index (χ4n) is 1.60. The zero-order valence-corrected chi connectivity index (χ0v) is 8.14. The van der Waals surface area contributed by atoms with Crippen LogP contribution < -0.4 is 0 Å². The van der Waals surface area contributed by atoms with Crippen LogP contribution in [0.5, 0.6) is 0 Å². The lowest BCUT2D eigenvalue weighted by molar-refractivity contribution is 0.282. The molecule has 0 aliphatic heterocycles. The van der Waals surface area contributed by atoms with Gasteiger partial charge in [0.15, 0.2) is 0 Å². The average molecular weight is 187 g/mol. The molecule has 0 saturated heterocycles. The van der Waals surface area contributed by atoms with Gasteiger partial charge >= 0.3 is 0 Å². The van der Waals surface area contributed by atoms with Crippen molar-refractivity contribution < 1.29 is 5.11 Å². The molecule has 0 unspecified atom stereocenters. The first-order valence-corrected chi connectivity index (χ1v) is 4.65. The monoisotopic (exact) mass is 187 g/mol. The molecule has 2 heteroatoms. The molecule has 0 spiro atoms. The van der Waals surface area contributed by atoms with Gasteiger partial charge in [-0.15, -0.1) is 0 Å². The normalized spacial score (nSPS) is 10.4. The molecule has 0 fully saturated rings. The highest BCUT2D eigenvalue weighted by Gasteiger charge is 2.00. The summed E-state index contributed by atoms with van der Waals surface area (Å²) in [5, 5.41) is 8.98. The Bertz CT molecular complexity index is 418. The van der Waals surface area contributed by atoms with Gasteiger partial charge in [-0.2, -0.15) is 0 Å². The Labute approximate surface area is 83.4 Å². The molecule has 0 atom stereocenters. The number of aromatic nitrogens is 1. The van der Waals surface area contributed by atoms with Gasteiger partial charge in [0, 0.05) is 18.1 Å². The second-order valence-corrected chi connectivity index (χ2v) is 3.37. The van der Waals surface area contributed by atoms with Gasteiger partial charge in [-0.3, -0.25) is 0 Å². The third kappa shape index (κ3) is 1.56. The van der Waals surface area contributed by atoms with E-state index in [4.69, 9.17) is 5.11 Å². The predicted molar refractivity (Wildman–Crippen MR) is 56.4 cm³/mol. The molecule has 0 saturated carbocycles. The molecule has 1 N–H and O–H groups in total. The number of aliphatic hydroxyl groups excluding tert-OH is 1. The van der Waals surface area contributed by atoms with E-state index < -0.39 is 0 Å². The minimum absolute atomic E-state index is 0.104. The molecule has 0 amide bonds. The molecule has 1 heterocycles. The van der Waals surface area contributed by atoms with E-state index in [-0.39, 0.29) is 6.61 Å². The first kappa shape index (κ1) is 9.03. The van der Waals surface area contributed by atoms with Crippen molar-refractivity contribution in [2.24, 2.45) is 0 Å². The number of hydrogen-bond acceptors (Lipinski definition) is 1. The van der Waals surface area contributed by atoms with E-state index in [2.05, 4.69) is 11.5 Å². The SMILES string of the molecule is Cc1cc(CO)ccc1-n1cccc1. The van der Waals surface area contributed by atoms with Crippen molar-refractivity contribution in [1.82, 2.24) is 4.57 Å². The molecule has 0 bridgehead atoms. The van der Waals surface area contributed by atoms with Crippen LogP contribution in [-0.2, 0) is 6.61 Å². The highest BCUT2D eigenvalue weighted by molar-refractivity contribution is 5.43. The Morgan fingerprint density at radius 1 is 1.21 bits per heavy atom. The Balaban J connectivity index is 2.46. The van der Waals surface area contributed by atoms with E-state index in [1.54, 1.807) is 0 Å². The molecule has 14 heavy (non-hydrogen) atoms. The van der Waals surface area contributed by atoms with Gasteiger partial charge in [0.25, 0.3) is 0 Å². The van der Waals surface area contributed by atoms with Crippen LogP contribution in [0, 0.1) is 6.92 Å². The zero-order chi connectivity index (χ0) is 9.97. The summed E-state index contributed by atoms with van der Waals surface area (Å²) in [6, 6.07) is 9.98. The first-order chi connectivity index (χ1) is 6.81. The Hall–Kier alpha value is -1.54. The highest BCUT2D eigenvalue weighted by Crippen LogP contribution is 2.15. The minimum Gasteiger partial charge on any atom is -0.392 e. The van der Waals surface area contributed by atoms with E-state index in [0.717, 1.165) is 11.3 Å². The molecule has 1 aromatic heterocycles. The summed E-state index contributed by atoms with van der Waals surface area (Å²) in [6.45, 7) is 2.15. The molecular formula is C12H13NO. The van der Waals surface area contributed by atoms with E-state index in [9.17, 15) is 0 Å². The molecule has 0 aliphatic rings. The molecule has 1 aromatic carbocycles. The number of rotatable bonds is 2. The minimum atomic E-state index is 0.104. The van der Waals surface area contributed by atoms with Crippen molar-refractivity contribution in [3.05, 3.63) is 53.9 Å². The van der Waals surface area contributed by atoms with Crippen LogP contribution in [0.15, 0.2) is 42.7 Å². The zero-order valence-electron chi connectivity index (χ0n) is 8.14. The summed E-state index contributed by atoms with van der Waals surface area (Å²) in [5.74, 6) is 0. The van der Waals surface area contributed by atoms with E-state index in [0.29, 0.717) is 0 Å². The number of benzene rings is 1. The van der Waals surface area contributed by atoms with Gasteiger partial charge in [-0.05, 0) is 36.2 Å². The lowest BCUT2D eigenvalue weighted by Crippen LogP contribution is -1.95. The first-order valence-electron chi connectivity index (χ1n) is 4.65. The maximum Gasteiger partial charge on any atom is 0.0681 e. The van der Waals surface area contributed by atoms with Crippen molar-refractivity contribution in [3.8, 4) is 5.69 Å². The van der Waals surface area contributed by atoms with Crippen LogP contribution in [0.4, 0.5) is 0 Å². The van der Waals surface area contributed by atoms with E-state index in [1.165, 1.54) is 5.56 Å². The second-order valence-electron chi connectivity index (χ2n) is 3.37. The van der Waals surface area contributed by atoms with Crippen LogP contribution >= 0.6 is 0 Å². The van der Waals surface area contributed by atoms with Gasteiger partial charge in [0.1, 0.15) is 0 Å². The summed E-state index contributed by atoms with van der Waals surface area (Å²) in [4.78, 5) is 0. The predicted octanol–water partition coefficient (Wildman–Crippen LogP) is 2.28. The number of aliphatic hydroxyl groups is 1. The molecule has 2 rings (SSSR count). The fourth-order valence-corrected chi connectivity index (χ4v) is 1.60. The standard InChI is InChI=1S/C12H13NO/c1-10-8-11(9-14)4-5-12(10)13-6-2-3-7-13/h2-8,14H,9H2,1H3. The largest absolute Gasteiger partial charge is 0.392 e. The fraction of sp³-hybridized carbons (Fsp3) is 0.167. The molecular weight excluding hydrogens is 174 g/mol. The maximum absolute atomic E-state index is 8.98. The number of aryl methyl sites for hydroxylation is 1. The highest BCUT2D eigenvalue weighted by atomic mass is 16.3. The van der Waals surface area contributed by atoms with Crippen molar-refractivity contribution in [1.29, 1.82) is 0 Å². The van der Waals surface area contributed by atoms with Crippen molar-refractivity contribution >= 4 is 0 Å². The van der Waals surface area contributed by atoms with Crippen LogP contribution in [-0.4, -0.2) is 9.67 Å². The topological polar surface area (TPSA) is 25.2 Å². The third-order valence-corrected chi connectivity index (χ3v) is 2.33. The van der Waals surface area contributed by atoms with Gasteiger partial charge in [-0.1, -0.05) is 12.1 Å². The maximum atomic E-state index is 8.98. The summed E-state index contributed by atoms with van der Waals surface area (Å²) in [5.41, 5.74) is 3.29. The van der Waals surface area contributed by atoms with Crippen molar-refractivity contribution in [2.45, 2.75) is 13.5 Å². The Kier molecular flexibility index (Phi) is 2.37. The Morgan fingerprint density at radius 2 is 1.93 bits per heavy atom. The van der Waals surface area contributed by atoms with Crippen LogP contribution in [0.25, 0.3) is 5.69 Å². The molecule has 2 nitrogen and oxygen atoms in total. The number of hydrogen-bond donors (Lipinski definition) is 1. The van der Waals surface area contributed by atoms with Crippen LogP contribution in [0.3, 0.4) is 0 Å². The quantitative estimate of drug-likeness (QED) is 0.766. The average Bonchev–Trinajstić information content (AvgIpc) is 2.70. The summed E-state index contributed by atoms with van der Waals surface area (Å²) < 4.78 is 2.07. The molecule has 72 valence electrons. The summed E-state index contributed by atoms with van der Waals surface area (Å²) in [6.07, 6.45) is 4.03. The molecule has 0 aliphatic carbocycles. The van der Waals surface area contributed by atoms with Crippen LogP contribution in [0.2, 0.25) is 0 Å². The summed E-state index contributed by atoms with van der Waals surface area (Å²) >= 11 is 0. The van der Waals surface area contributed by atoms with Gasteiger partial charge < -0.3 is 9.67 Å². The Morgan fingerprint density at radius 3 is 2.50 bits per heavy atom. The third-order valence-electron chi connectivity index (χ3n) is 2.33. The van der Waals surface area contributed by atoms with Crippen LogP contribution in [0.1, 0.15) is 11.1 Å². The lowest BCUT2D eigenvalue weighted by Gasteiger charge is -2.08. The van der Waals surface area contributed by atoms with Gasteiger partial charge in [0.2, 0.25) is 0 Å². The van der Waals surface area contributed by atoms with Gasteiger partial charge in [0.05, 0.1) is 6.61 Å². The van der Waals surface area contributed by atoms with E-state index in [1.807, 2.05) is 42.7 Å².